The highest BCUT2D eigenvalue weighted by molar-refractivity contribution is 9.09. The van der Waals surface area contributed by atoms with Gasteiger partial charge in [0, 0.05) is 10.9 Å². The molecule has 2 unspecified atom stereocenters. The van der Waals surface area contributed by atoms with Gasteiger partial charge < -0.3 is 0 Å². The van der Waals surface area contributed by atoms with E-state index < -0.39 is 11.6 Å². The maximum atomic E-state index is 13.0. The largest absolute Gasteiger partial charge is 0.207 e. The van der Waals surface area contributed by atoms with Gasteiger partial charge in [-0.25, -0.2) is 8.78 Å². The zero-order valence-electron chi connectivity index (χ0n) is 8.35. The Morgan fingerprint density at radius 3 is 2.33 bits per heavy atom. The normalized spacial score (nSPS) is 26.6. The molecule has 1 saturated carbocycles. The SMILES string of the molecule is Fc1cc(F)cc(C2CCCC(Br)C2)c1. The van der Waals surface area contributed by atoms with Gasteiger partial charge in [-0.05, 0) is 42.9 Å². The van der Waals surface area contributed by atoms with Crippen LogP contribution in [-0.4, -0.2) is 4.83 Å². The Hall–Kier alpha value is -0.440. The van der Waals surface area contributed by atoms with Crippen molar-refractivity contribution in [2.45, 2.75) is 36.4 Å². The molecule has 1 aliphatic rings. The minimum absolute atomic E-state index is 0.299. The molecule has 0 spiro atoms. The van der Waals surface area contributed by atoms with Crippen LogP contribution in [0.1, 0.15) is 37.2 Å². The highest BCUT2D eigenvalue weighted by atomic mass is 79.9. The molecule has 15 heavy (non-hydrogen) atoms. The summed E-state index contributed by atoms with van der Waals surface area (Å²) in [4.78, 5) is 0.488. The van der Waals surface area contributed by atoms with Crippen LogP contribution in [-0.2, 0) is 0 Å². The molecule has 0 heterocycles. The lowest BCUT2D eigenvalue weighted by molar-refractivity contribution is 0.453. The quantitative estimate of drug-likeness (QED) is 0.667. The molecule has 0 amide bonds. The van der Waals surface area contributed by atoms with Gasteiger partial charge in [0.1, 0.15) is 11.6 Å². The first-order valence-electron chi connectivity index (χ1n) is 5.25. The fourth-order valence-corrected chi connectivity index (χ4v) is 3.02. The molecule has 3 heteroatoms. The van der Waals surface area contributed by atoms with Gasteiger partial charge >= 0.3 is 0 Å². The van der Waals surface area contributed by atoms with E-state index in [0.717, 1.165) is 37.3 Å². The fourth-order valence-electron chi connectivity index (χ4n) is 2.24. The Balaban J connectivity index is 2.20. The number of hydrogen-bond acceptors (Lipinski definition) is 0. The van der Waals surface area contributed by atoms with Crippen molar-refractivity contribution in [2.24, 2.45) is 0 Å². The van der Waals surface area contributed by atoms with Crippen LogP contribution in [0.5, 0.6) is 0 Å². The Morgan fingerprint density at radius 2 is 1.73 bits per heavy atom. The molecular formula is C12H13BrF2. The molecule has 0 nitrogen and oxygen atoms in total. The molecule has 0 N–H and O–H groups in total. The number of hydrogen-bond donors (Lipinski definition) is 0. The molecule has 0 radical (unpaired) electrons. The van der Waals surface area contributed by atoms with Gasteiger partial charge in [0.25, 0.3) is 0 Å². The minimum Gasteiger partial charge on any atom is -0.207 e. The summed E-state index contributed by atoms with van der Waals surface area (Å²) in [5.74, 6) is -0.642. The summed E-state index contributed by atoms with van der Waals surface area (Å²) in [6, 6.07) is 3.84. The van der Waals surface area contributed by atoms with E-state index in [1.807, 2.05) is 0 Å². The third kappa shape index (κ3) is 2.77. The summed E-state index contributed by atoms with van der Waals surface area (Å²) in [6.07, 6.45) is 4.29. The van der Waals surface area contributed by atoms with E-state index in [2.05, 4.69) is 15.9 Å². The second kappa shape index (κ2) is 4.60. The lowest BCUT2D eigenvalue weighted by Crippen LogP contribution is -2.13. The van der Waals surface area contributed by atoms with Gasteiger partial charge in [0.05, 0.1) is 0 Å². The van der Waals surface area contributed by atoms with Crippen molar-refractivity contribution in [2.75, 3.05) is 0 Å². The van der Waals surface area contributed by atoms with E-state index in [-0.39, 0.29) is 0 Å². The predicted octanol–water partition coefficient (Wildman–Crippen LogP) is 4.39. The Morgan fingerprint density at radius 1 is 1.07 bits per heavy atom. The molecule has 0 bridgehead atoms. The monoisotopic (exact) mass is 274 g/mol. The summed E-state index contributed by atoms with van der Waals surface area (Å²) >= 11 is 3.58. The minimum atomic E-state index is -0.471. The first-order valence-corrected chi connectivity index (χ1v) is 6.17. The number of halogens is 3. The van der Waals surface area contributed by atoms with Crippen molar-refractivity contribution >= 4 is 15.9 Å². The maximum absolute atomic E-state index is 13.0. The van der Waals surface area contributed by atoms with E-state index in [4.69, 9.17) is 0 Å². The summed E-state index contributed by atoms with van der Waals surface area (Å²) < 4.78 is 26.1. The number of benzene rings is 1. The zero-order valence-corrected chi connectivity index (χ0v) is 9.94. The van der Waals surface area contributed by atoms with Crippen LogP contribution < -0.4 is 0 Å². The van der Waals surface area contributed by atoms with Crippen LogP contribution in [0.3, 0.4) is 0 Å². The molecule has 2 atom stereocenters. The highest BCUT2D eigenvalue weighted by Gasteiger charge is 2.22. The first-order chi connectivity index (χ1) is 7.15. The van der Waals surface area contributed by atoms with Crippen molar-refractivity contribution in [1.82, 2.24) is 0 Å². The van der Waals surface area contributed by atoms with Crippen LogP contribution in [0.4, 0.5) is 8.78 Å². The molecule has 82 valence electrons. The Labute approximate surface area is 96.8 Å². The van der Waals surface area contributed by atoms with Crippen molar-refractivity contribution < 1.29 is 8.78 Å². The van der Waals surface area contributed by atoms with E-state index >= 15 is 0 Å². The summed E-state index contributed by atoms with van der Waals surface area (Å²) in [5, 5.41) is 0. The molecule has 1 aromatic carbocycles. The number of rotatable bonds is 1. The van der Waals surface area contributed by atoms with E-state index in [0.29, 0.717) is 10.7 Å². The van der Waals surface area contributed by atoms with Gasteiger partial charge in [0.15, 0.2) is 0 Å². The average Bonchev–Trinajstić information content (AvgIpc) is 2.16. The molecule has 0 aliphatic heterocycles. The number of alkyl halides is 1. The second-order valence-electron chi connectivity index (χ2n) is 4.16. The van der Waals surface area contributed by atoms with Crippen LogP contribution in [0.15, 0.2) is 18.2 Å². The van der Waals surface area contributed by atoms with Crippen molar-refractivity contribution in [1.29, 1.82) is 0 Å². The van der Waals surface area contributed by atoms with Gasteiger partial charge in [-0.3, -0.25) is 0 Å². The van der Waals surface area contributed by atoms with Crippen LogP contribution in [0.25, 0.3) is 0 Å². The summed E-state index contributed by atoms with van der Waals surface area (Å²) in [7, 11) is 0. The van der Waals surface area contributed by atoms with Crippen molar-refractivity contribution in [3.8, 4) is 0 Å². The maximum Gasteiger partial charge on any atom is 0.126 e. The molecule has 2 rings (SSSR count). The Bertz CT molecular complexity index is 331. The summed E-state index contributed by atoms with van der Waals surface area (Å²) in [6.45, 7) is 0. The smallest absolute Gasteiger partial charge is 0.126 e. The third-order valence-corrected chi connectivity index (χ3v) is 3.80. The first kappa shape index (κ1) is 11.1. The average molecular weight is 275 g/mol. The molecule has 0 aromatic heterocycles. The van der Waals surface area contributed by atoms with Gasteiger partial charge in [-0.1, -0.05) is 22.4 Å². The lowest BCUT2D eigenvalue weighted by Gasteiger charge is -2.26. The van der Waals surface area contributed by atoms with E-state index in [1.54, 1.807) is 0 Å². The zero-order chi connectivity index (χ0) is 10.8. The molecule has 1 aromatic rings. The topological polar surface area (TPSA) is 0 Å². The van der Waals surface area contributed by atoms with Gasteiger partial charge in [-0.2, -0.15) is 0 Å². The third-order valence-electron chi connectivity index (χ3n) is 2.97. The van der Waals surface area contributed by atoms with E-state index in [1.165, 1.54) is 12.1 Å². The molecular weight excluding hydrogens is 262 g/mol. The van der Waals surface area contributed by atoms with Crippen molar-refractivity contribution in [3.63, 3.8) is 0 Å². The molecule has 1 fully saturated rings. The fraction of sp³-hybridized carbons (Fsp3) is 0.500. The van der Waals surface area contributed by atoms with Crippen LogP contribution >= 0.6 is 15.9 Å². The molecule has 1 aliphatic carbocycles. The van der Waals surface area contributed by atoms with Crippen molar-refractivity contribution in [3.05, 3.63) is 35.4 Å². The van der Waals surface area contributed by atoms with Gasteiger partial charge in [0.2, 0.25) is 0 Å². The van der Waals surface area contributed by atoms with Gasteiger partial charge in [-0.15, -0.1) is 0 Å². The highest BCUT2D eigenvalue weighted by Crippen LogP contribution is 2.36. The Kier molecular flexibility index (Phi) is 3.39. The predicted molar refractivity (Wildman–Crippen MR) is 60.3 cm³/mol. The summed E-state index contributed by atoms with van der Waals surface area (Å²) in [5.41, 5.74) is 0.802. The standard InChI is InChI=1S/C12H13BrF2/c13-10-3-1-2-8(4-10)9-5-11(14)7-12(15)6-9/h5-8,10H,1-4H2. The second-order valence-corrected chi connectivity index (χ2v) is 5.46. The lowest BCUT2D eigenvalue weighted by atomic mass is 9.84. The van der Waals surface area contributed by atoms with Crippen LogP contribution in [0, 0.1) is 11.6 Å². The molecule has 0 saturated heterocycles. The van der Waals surface area contributed by atoms with E-state index in [9.17, 15) is 8.78 Å². The van der Waals surface area contributed by atoms with Crippen LogP contribution in [0.2, 0.25) is 0 Å².